The highest BCUT2D eigenvalue weighted by molar-refractivity contribution is 5.83. The molecule has 0 saturated carbocycles. The molecule has 1 fully saturated rings. The van der Waals surface area contributed by atoms with Crippen molar-refractivity contribution in [3.8, 4) is 5.88 Å². The summed E-state index contributed by atoms with van der Waals surface area (Å²) >= 11 is 0. The summed E-state index contributed by atoms with van der Waals surface area (Å²) in [6.07, 6.45) is 3.44. The lowest BCUT2D eigenvalue weighted by atomic mass is 9.89. The van der Waals surface area contributed by atoms with E-state index < -0.39 is 0 Å². The van der Waals surface area contributed by atoms with Crippen LogP contribution in [0.15, 0.2) is 30.5 Å². The summed E-state index contributed by atoms with van der Waals surface area (Å²) in [6.45, 7) is 4.19. The Balaban J connectivity index is 1.55. The second kappa shape index (κ2) is 8.36. The van der Waals surface area contributed by atoms with E-state index in [0.717, 1.165) is 37.3 Å². The lowest BCUT2D eigenvalue weighted by molar-refractivity contribution is -0.123. The summed E-state index contributed by atoms with van der Waals surface area (Å²) < 4.78 is 19.0. The van der Waals surface area contributed by atoms with E-state index in [0.29, 0.717) is 18.0 Å². The number of hydrogen-bond donors (Lipinski definition) is 0. The van der Waals surface area contributed by atoms with Crippen LogP contribution >= 0.6 is 0 Å². The number of benzene rings is 1. The van der Waals surface area contributed by atoms with Crippen molar-refractivity contribution < 1.29 is 13.9 Å². The van der Waals surface area contributed by atoms with E-state index >= 15 is 0 Å². The van der Waals surface area contributed by atoms with Gasteiger partial charge in [-0.3, -0.25) is 9.69 Å². The third-order valence-corrected chi connectivity index (χ3v) is 4.86. The van der Waals surface area contributed by atoms with Gasteiger partial charge in [0.1, 0.15) is 17.3 Å². The minimum atomic E-state index is -0.302. The summed E-state index contributed by atoms with van der Waals surface area (Å²) in [4.78, 5) is 23.5. The maximum atomic E-state index is 13.7. The molecule has 0 spiro atoms. The number of rotatable bonds is 6. The molecule has 138 valence electrons. The van der Waals surface area contributed by atoms with E-state index in [2.05, 4.69) is 14.9 Å². The summed E-state index contributed by atoms with van der Waals surface area (Å²) in [6, 6.07) is 6.50. The number of nitrogens with zero attached hydrogens (tertiary/aromatic N) is 3. The second-order valence-electron chi connectivity index (χ2n) is 6.75. The zero-order chi connectivity index (χ0) is 18.5. The first-order valence-electron chi connectivity index (χ1n) is 8.92. The minimum absolute atomic E-state index is 0.00338. The monoisotopic (exact) mass is 357 g/mol. The van der Waals surface area contributed by atoms with Crippen molar-refractivity contribution in [1.29, 1.82) is 0 Å². The Labute approximate surface area is 153 Å². The Morgan fingerprint density at radius 2 is 2.04 bits per heavy atom. The molecule has 1 aliphatic heterocycles. The number of carbonyl (C=O) groups is 1. The van der Waals surface area contributed by atoms with Crippen LogP contribution in [-0.2, 0) is 17.8 Å². The Bertz CT molecular complexity index is 773. The Kier molecular flexibility index (Phi) is 5.93. The molecule has 0 aliphatic carbocycles. The number of piperidine rings is 1. The molecule has 2 heterocycles. The molecule has 0 radical (unpaired) electrons. The van der Waals surface area contributed by atoms with Gasteiger partial charge in [-0.1, -0.05) is 18.2 Å². The lowest BCUT2D eigenvalue weighted by Crippen LogP contribution is -2.36. The molecule has 26 heavy (non-hydrogen) atoms. The zero-order valence-corrected chi connectivity index (χ0v) is 15.2. The first kappa shape index (κ1) is 18.5. The van der Waals surface area contributed by atoms with E-state index in [1.807, 2.05) is 6.92 Å². The van der Waals surface area contributed by atoms with Crippen LogP contribution in [0.5, 0.6) is 5.88 Å². The van der Waals surface area contributed by atoms with Crippen LogP contribution in [0.4, 0.5) is 4.39 Å². The molecule has 0 N–H and O–H groups in total. The molecule has 0 amide bonds. The number of ether oxygens (including phenoxy) is 1. The Hall–Kier alpha value is -2.34. The third kappa shape index (κ3) is 4.43. The molecule has 3 rings (SSSR count). The average molecular weight is 357 g/mol. The van der Waals surface area contributed by atoms with Crippen LogP contribution in [0.1, 0.15) is 29.8 Å². The number of methoxy groups -OCH3 is 1. The molecule has 1 aromatic heterocycles. The molecule has 1 aromatic carbocycles. The van der Waals surface area contributed by atoms with Crippen molar-refractivity contribution in [1.82, 2.24) is 14.9 Å². The van der Waals surface area contributed by atoms with Crippen LogP contribution in [0.3, 0.4) is 0 Å². The first-order chi connectivity index (χ1) is 12.6. The van der Waals surface area contributed by atoms with Gasteiger partial charge in [0.25, 0.3) is 0 Å². The second-order valence-corrected chi connectivity index (χ2v) is 6.75. The average Bonchev–Trinajstić information content (AvgIpc) is 2.64. The minimum Gasteiger partial charge on any atom is -0.480 e. The van der Waals surface area contributed by atoms with Crippen LogP contribution in [0.2, 0.25) is 0 Å². The fraction of sp³-hybridized carbons (Fsp3) is 0.450. The Morgan fingerprint density at radius 3 is 2.73 bits per heavy atom. The maximum absolute atomic E-state index is 13.7. The van der Waals surface area contributed by atoms with Gasteiger partial charge in [-0.15, -0.1) is 0 Å². The summed E-state index contributed by atoms with van der Waals surface area (Å²) in [5.74, 6) is 0.371. The number of hydrogen-bond acceptors (Lipinski definition) is 5. The molecular formula is C20H24FN3O2. The van der Waals surface area contributed by atoms with Gasteiger partial charge < -0.3 is 4.74 Å². The fourth-order valence-corrected chi connectivity index (χ4v) is 3.39. The Morgan fingerprint density at radius 1 is 1.31 bits per heavy atom. The van der Waals surface area contributed by atoms with Gasteiger partial charge in [0.2, 0.25) is 5.88 Å². The van der Waals surface area contributed by atoms with Gasteiger partial charge >= 0.3 is 0 Å². The lowest BCUT2D eigenvalue weighted by Gasteiger charge is -2.31. The van der Waals surface area contributed by atoms with Gasteiger partial charge in [-0.2, -0.15) is 0 Å². The number of aromatic nitrogens is 2. The van der Waals surface area contributed by atoms with Crippen molar-refractivity contribution in [2.24, 2.45) is 5.92 Å². The van der Waals surface area contributed by atoms with Gasteiger partial charge in [0, 0.05) is 18.9 Å². The van der Waals surface area contributed by atoms with E-state index in [9.17, 15) is 9.18 Å². The largest absolute Gasteiger partial charge is 0.480 e. The molecule has 6 heteroatoms. The van der Waals surface area contributed by atoms with Gasteiger partial charge in [0.15, 0.2) is 0 Å². The molecule has 1 aliphatic rings. The molecular weight excluding hydrogens is 333 g/mol. The van der Waals surface area contributed by atoms with E-state index in [-0.39, 0.29) is 23.9 Å². The highest BCUT2D eigenvalue weighted by Gasteiger charge is 2.26. The number of carbonyl (C=O) groups excluding carboxylic acids is 1. The van der Waals surface area contributed by atoms with Crippen LogP contribution in [0, 0.1) is 18.7 Å². The van der Waals surface area contributed by atoms with Crippen LogP contribution in [-0.4, -0.2) is 40.9 Å². The number of likely N-dealkylation sites (tertiary alicyclic amines) is 1. The number of halogens is 1. The normalized spacial score (nSPS) is 15.8. The highest BCUT2D eigenvalue weighted by Crippen LogP contribution is 2.23. The van der Waals surface area contributed by atoms with Crippen molar-refractivity contribution >= 4 is 5.78 Å². The molecule has 0 atom stereocenters. The van der Waals surface area contributed by atoms with Crippen molar-refractivity contribution in [3.63, 3.8) is 0 Å². The first-order valence-corrected chi connectivity index (χ1v) is 8.92. The van der Waals surface area contributed by atoms with E-state index in [1.165, 1.54) is 6.07 Å². The third-order valence-electron chi connectivity index (χ3n) is 4.86. The summed E-state index contributed by atoms with van der Waals surface area (Å²) in [5, 5.41) is 0. The zero-order valence-electron chi connectivity index (χ0n) is 15.2. The molecule has 0 unspecified atom stereocenters. The molecule has 0 bridgehead atoms. The molecule has 5 nitrogen and oxygen atoms in total. The number of ketones is 1. The van der Waals surface area contributed by atoms with Gasteiger partial charge in [-0.25, -0.2) is 14.4 Å². The predicted molar refractivity (Wildman–Crippen MR) is 96.4 cm³/mol. The highest BCUT2D eigenvalue weighted by atomic mass is 19.1. The van der Waals surface area contributed by atoms with Crippen LogP contribution in [0.25, 0.3) is 0 Å². The van der Waals surface area contributed by atoms with Crippen LogP contribution < -0.4 is 4.74 Å². The SMILES string of the molecule is COc1ncc(C)nc1CN1CCC(C(=O)Cc2ccccc2F)CC1. The fourth-order valence-electron chi connectivity index (χ4n) is 3.39. The van der Waals surface area contributed by atoms with Crippen molar-refractivity contribution in [2.75, 3.05) is 20.2 Å². The number of aryl methyl sites for hydroxylation is 1. The van der Waals surface area contributed by atoms with E-state index in [4.69, 9.17) is 4.74 Å². The smallest absolute Gasteiger partial charge is 0.236 e. The summed E-state index contributed by atoms with van der Waals surface area (Å²) in [5.41, 5.74) is 2.17. The topological polar surface area (TPSA) is 55.3 Å². The summed E-state index contributed by atoms with van der Waals surface area (Å²) in [7, 11) is 1.59. The van der Waals surface area contributed by atoms with Gasteiger partial charge in [-0.05, 0) is 44.5 Å². The maximum Gasteiger partial charge on any atom is 0.236 e. The van der Waals surface area contributed by atoms with Gasteiger partial charge in [0.05, 0.1) is 19.0 Å². The van der Waals surface area contributed by atoms with Crippen molar-refractivity contribution in [3.05, 3.63) is 53.2 Å². The molecule has 2 aromatic rings. The van der Waals surface area contributed by atoms with Crippen molar-refractivity contribution in [2.45, 2.75) is 32.7 Å². The van der Waals surface area contributed by atoms with E-state index in [1.54, 1.807) is 31.5 Å². The number of Topliss-reactive ketones (excluding diaryl/α,β-unsaturated/α-hetero) is 1. The molecule has 1 saturated heterocycles. The predicted octanol–water partition coefficient (Wildman–Crippen LogP) is 2.96. The standard InChI is InChI=1S/C20H24FN3O2/c1-14-12-22-20(26-2)18(23-14)13-24-9-7-15(8-10-24)19(25)11-16-5-3-4-6-17(16)21/h3-6,12,15H,7-11,13H2,1-2H3. The quantitative estimate of drug-likeness (QED) is 0.796.